The molecule has 0 spiro atoms. The minimum Gasteiger partial charge on any atom is -0.393 e. The molecule has 7 heteroatoms. The third kappa shape index (κ3) is 9.00. The summed E-state index contributed by atoms with van der Waals surface area (Å²) in [4.78, 5) is 36.6. The highest BCUT2D eigenvalue weighted by atomic mass is 32.1. The van der Waals surface area contributed by atoms with Crippen molar-refractivity contribution in [1.82, 2.24) is 9.88 Å². The van der Waals surface area contributed by atoms with Crippen molar-refractivity contribution >= 4 is 28.7 Å². The second-order valence-electron chi connectivity index (χ2n) is 14.6. The Kier molecular flexibility index (Phi) is 11.5. The molecule has 0 bridgehead atoms. The lowest BCUT2D eigenvalue weighted by atomic mass is 9.84. The number of amides is 1. The number of aliphatic hydroxyl groups excluding tert-OH is 1. The highest BCUT2D eigenvalue weighted by Gasteiger charge is 2.33. The average molecular weight is 666 g/mol. The molecule has 0 unspecified atom stereocenters. The van der Waals surface area contributed by atoms with Crippen molar-refractivity contribution in [3.8, 4) is 0 Å². The molecule has 1 fully saturated rings. The zero-order valence-corrected chi connectivity index (χ0v) is 30.2. The lowest BCUT2D eigenvalue weighted by Crippen LogP contribution is -2.31. The second-order valence-corrected chi connectivity index (χ2v) is 15.5. The first-order valence-corrected chi connectivity index (χ1v) is 18.2. The number of benzene rings is 3. The number of aliphatic hydroxyl groups is 1. The Morgan fingerprint density at radius 2 is 1.73 bits per heavy atom. The molecule has 0 radical (unpaired) electrons. The van der Waals surface area contributed by atoms with Gasteiger partial charge in [0.15, 0.2) is 5.78 Å². The van der Waals surface area contributed by atoms with Crippen molar-refractivity contribution in [3.63, 3.8) is 0 Å². The van der Waals surface area contributed by atoms with Gasteiger partial charge >= 0.3 is 0 Å². The van der Waals surface area contributed by atoms with E-state index in [0.717, 1.165) is 47.6 Å². The monoisotopic (exact) mass is 665 g/mol. The van der Waals surface area contributed by atoms with Crippen LogP contribution in [-0.4, -0.2) is 53.4 Å². The average Bonchev–Trinajstić information content (AvgIpc) is 3.73. The van der Waals surface area contributed by atoms with Gasteiger partial charge in [-0.1, -0.05) is 75.4 Å². The van der Waals surface area contributed by atoms with Crippen LogP contribution in [0.25, 0.3) is 0 Å². The highest BCUT2D eigenvalue weighted by Crippen LogP contribution is 2.35. The van der Waals surface area contributed by atoms with Crippen molar-refractivity contribution in [1.29, 1.82) is 0 Å². The molecule has 3 atom stereocenters. The van der Waals surface area contributed by atoms with Gasteiger partial charge in [0.1, 0.15) is 5.01 Å². The molecule has 1 aliphatic heterocycles. The molecule has 1 saturated heterocycles. The molecular formula is C41H51N3O3S. The second kappa shape index (κ2) is 15.6. The van der Waals surface area contributed by atoms with Gasteiger partial charge < -0.3 is 14.9 Å². The number of likely N-dealkylation sites (tertiary alicyclic amines) is 1. The van der Waals surface area contributed by atoms with Crippen molar-refractivity contribution in [3.05, 3.63) is 117 Å². The minimum atomic E-state index is -0.634. The van der Waals surface area contributed by atoms with E-state index in [1.165, 1.54) is 11.1 Å². The van der Waals surface area contributed by atoms with Gasteiger partial charge in [-0.2, -0.15) is 0 Å². The number of carbonyl (C=O) groups excluding carboxylic acids is 2. The largest absolute Gasteiger partial charge is 0.393 e. The van der Waals surface area contributed by atoms with E-state index in [1.807, 2.05) is 66.5 Å². The summed E-state index contributed by atoms with van der Waals surface area (Å²) in [6, 6.07) is 24.3. The van der Waals surface area contributed by atoms with E-state index in [-0.39, 0.29) is 35.5 Å². The maximum atomic E-state index is 14.1. The van der Waals surface area contributed by atoms with Crippen LogP contribution < -0.4 is 4.90 Å². The van der Waals surface area contributed by atoms with Gasteiger partial charge in [0.25, 0.3) is 5.91 Å². The maximum absolute atomic E-state index is 14.1. The molecule has 6 nitrogen and oxygen atoms in total. The van der Waals surface area contributed by atoms with Crippen molar-refractivity contribution in [2.45, 2.75) is 90.2 Å². The first-order valence-electron chi connectivity index (χ1n) is 17.3. The van der Waals surface area contributed by atoms with Gasteiger partial charge in [0.2, 0.25) is 0 Å². The van der Waals surface area contributed by atoms with Crippen LogP contribution in [-0.2, 0) is 18.3 Å². The van der Waals surface area contributed by atoms with Gasteiger partial charge in [-0.25, -0.2) is 4.98 Å². The normalized spacial score (nSPS) is 16.1. The van der Waals surface area contributed by atoms with Crippen molar-refractivity contribution in [2.24, 2.45) is 5.92 Å². The fourth-order valence-corrected chi connectivity index (χ4v) is 7.62. The number of hydrogen-bond donors (Lipinski definition) is 1. The Morgan fingerprint density at radius 1 is 1.00 bits per heavy atom. The van der Waals surface area contributed by atoms with E-state index in [0.29, 0.717) is 30.5 Å². The summed E-state index contributed by atoms with van der Waals surface area (Å²) < 4.78 is 0. The third-order valence-electron chi connectivity index (χ3n) is 9.53. The molecule has 48 heavy (non-hydrogen) atoms. The molecule has 0 aliphatic carbocycles. The molecule has 1 amide bonds. The third-order valence-corrected chi connectivity index (χ3v) is 10.6. The summed E-state index contributed by atoms with van der Waals surface area (Å²) >= 11 is 1.60. The first kappa shape index (κ1) is 35.5. The van der Waals surface area contributed by atoms with Gasteiger partial charge in [-0.15, -0.1) is 11.3 Å². The zero-order chi connectivity index (χ0) is 34.4. The quantitative estimate of drug-likeness (QED) is 0.145. The first-order chi connectivity index (χ1) is 22.9. The maximum Gasteiger partial charge on any atom is 0.254 e. The Morgan fingerprint density at radius 3 is 2.42 bits per heavy atom. The molecule has 2 heterocycles. The van der Waals surface area contributed by atoms with E-state index < -0.39 is 6.10 Å². The van der Waals surface area contributed by atoms with Crippen LogP contribution in [0, 0.1) is 12.8 Å². The summed E-state index contributed by atoms with van der Waals surface area (Å²) in [6.45, 7) is 9.32. The van der Waals surface area contributed by atoms with Gasteiger partial charge in [-0.3, -0.25) is 9.59 Å². The summed E-state index contributed by atoms with van der Waals surface area (Å²) in [6.07, 6.45) is 4.30. The molecule has 4 aromatic rings. The van der Waals surface area contributed by atoms with Gasteiger partial charge in [0.05, 0.1) is 12.1 Å². The van der Waals surface area contributed by atoms with Crippen LogP contribution in [0.15, 0.2) is 78.2 Å². The molecule has 1 aliphatic rings. The number of anilines is 1. The van der Waals surface area contributed by atoms with Crippen LogP contribution in [0.5, 0.6) is 0 Å². The molecule has 5 rings (SSSR count). The van der Waals surface area contributed by atoms with Gasteiger partial charge in [0, 0.05) is 54.9 Å². The van der Waals surface area contributed by atoms with E-state index in [4.69, 9.17) is 0 Å². The highest BCUT2D eigenvalue weighted by molar-refractivity contribution is 7.09. The Hall–Kier alpha value is -3.81. The standard InChI is InChI=1S/C41H51N3O3S/c1-28-27-48-39(42-28)36-18-12-20-44(36)40(47)33-23-32(24-35(25-33)43(5)6)38(46)26-31(21-29-13-8-7-9-14-29)37(45)19-11-16-30-15-10-17-34(22-30)41(2,3)4/h7-10,13-15,17,22-25,27,31,36-37,45H,11-12,16,18-21,26H2,1-6H3/t31-,36-,37-/m1/s1. The van der Waals surface area contributed by atoms with Crippen LogP contribution in [0.1, 0.15) is 107 Å². The van der Waals surface area contributed by atoms with Crippen LogP contribution in [0.2, 0.25) is 0 Å². The predicted molar refractivity (Wildman–Crippen MR) is 197 cm³/mol. The smallest absolute Gasteiger partial charge is 0.254 e. The van der Waals surface area contributed by atoms with E-state index in [2.05, 4.69) is 62.2 Å². The SMILES string of the molecule is Cc1csc([C@H]2CCCN2C(=O)c2cc(C(=O)C[C@@H](Cc3ccccc3)[C@H](O)CCCc3cccc(C(C)(C)C)c3)cc(N(C)C)c2)n1. The van der Waals surface area contributed by atoms with Gasteiger partial charge in [-0.05, 0) is 91.7 Å². The summed E-state index contributed by atoms with van der Waals surface area (Å²) in [5, 5.41) is 14.6. The van der Waals surface area contributed by atoms with Crippen LogP contribution >= 0.6 is 11.3 Å². The predicted octanol–water partition coefficient (Wildman–Crippen LogP) is 8.61. The number of thiazole rings is 1. The lowest BCUT2D eigenvalue weighted by molar-refractivity contribution is 0.0734. The molecule has 1 N–H and O–H groups in total. The van der Waals surface area contributed by atoms with E-state index in [1.54, 1.807) is 17.4 Å². The molecule has 254 valence electrons. The Balaban J connectivity index is 1.34. The summed E-state index contributed by atoms with van der Waals surface area (Å²) in [5.74, 6) is -0.377. The number of aromatic nitrogens is 1. The molecule has 3 aromatic carbocycles. The number of Topliss-reactive ketones (excluding diaryl/α,β-unsaturated/α-hetero) is 1. The molecule has 0 saturated carbocycles. The number of carbonyl (C=O) groups is 2. The Labute approximate surface area is 290 Å². The van der Waals surface area contributed by atoms with E-state index in [9.17, 15) is 14.7 Å². The number of hydrogen-bond acceptors (Lipinski definition) is 6. The topological polar surface area (TPSA) is 73.7 Å². The number of rotatable bonds is 13. The number of nitrogens with zero attached hydrogens (tertiary/aromatic N) is 3. The number of aryl methyl sites for hydroxylation is 2. The fraction of sp³-hybridized carbons (Fsp3) is 0.439. The summed E-state index contributed by atoms with van der Waals surface area (Å²) in [7, 11) is 3.85. The minimum absolute atomic E-state index is 0.0419. The zero-order valence-electron chi connectivity index (χ0n) is 29.4. The van der Waals surface area contributed by atoms with Crippen LogP contribution in [0.4, 0.5) is 5.69 Å². The molecule has 1 aromatic heterocycles. The molecular weight excluding hydrogens is 615 g/mol. The lowest BCUT2D eigenvalue weighted by Gasteiger charge is -2.25. The fourth-order valence-electron chi connectivity index (χ4n) is 6.67. The Bertz CT molecular complexity index is 1690. The summed E-state index contributed by atoms with van der Waals surface area (Å²) in [5.41, 5.74) is 6.57. The number of ketones is 1. The van der Waals surface area contributed by atoms with E-state index >= 15 is 0 Å². The van der Waals surface area contributed by atoms with Crippen LogP contribution in [0.3, 0.4) is 0 Å². The van der Waals surface area contributed by atoms with Crippen molar-refractivity contribution in [2.75, 3.05) is 25.5 Å². The van der Waals surface area contributed by atoms with Crippen molar-refractivity contribution < 1.29 is 14.7 Å².